The summed E-state index contributed by atoms with van der Waals surface area (Å²) in [5.74, 6) is 0.657. The summed E-state index contributed by atoms with van der Waals surface area (Å²) >= 11 is 1.81. The predicted octanol–water partition coefficient (Wildman–Crippen LogP) is 2.70. The maximum absolute atomic E-state index is 11.0. The van der Waals surface area contributed by atoms with Crippen molar-refractivity contribution in [3.63, 3.8) is 0 Å². The van der Waals surface area contributed by atoms with Gasteiger partial charge < -0.3 is 10.1 Å². The molecule has 0 spiro atoms. The molecule has 0 bridgehead atoms. The summed E-state index contributed by atoms with van der Waals surface area (Å²) in [5.41, 5.74) is -0.0172. The second-order valence-corrected chi connectivity index (χ2v) is 5.85. The summed E-state index contributed by atoms with van der Waals surface area (Å²) in [6.45, 7) is 0.690. The lowest BCUT2D eigenvalue weighted by molar-refractivity contribution is -0.384. The summed E-state index contributed by atoms with van der Waals surface area (Å²) < 4.78 is 5.20. The Morgan fingerprint density at radius 2 is 2.32 bits per heavy atom. The molecule has 1 N–H and O–H groups in total. The first-order valence-electron chi connectivity index (χ1n) is 6.09. The van der Waals surface area contributed by atoms with Crippen molar-refractivity contribution in [3.8, 4) is 5.88 Å². The van der Waals surface area contributed by atoms with E-state index in [0.29, 0.717) is 12.4 Å². The monoisotopic (exact) mass is 283 g/mol. The van der Waals surface area contributed by atoms with Gasteiger partial charge in [-0.1, -0.05) is 6.42 Å². The Morgan fingerprint density at radius 3 is 2.79 bits per heavy atom. The Kier molecular flexibility index (Phi) is 4.14. The molecular formula is C12H17N3O3S. The number of methoxy groups -OCH3 is 1. The molecule has 0 aliphatic heterocycles. The first-order chi connectivity index (χ1) is 9.10. The predicted molar refractivity (Wildman–Crippen MR) is 76.0 cm³/mol. The van der Waals surface area contributed by atoms with E-state index in [1.54, 1.807) is 0 Å². The highest BCUT2D eigenvalue weighted by atomic mass is 32.2. The molecule has 6 nitrogen and oxygen atoms in total. The van der Waals surface area contributed by atoms with Crippen molar-refractivity contribution in [1.82, 2.24) is 4.98 Å². The molecule has 2 rings (SSSR count). The molecule has 1 aromatic rings. The van der Waals surface area contributed by atoms with Gasteiger partial charge in [0.05, 0.1) is 12.0 Å². The van der Waals surface area contributed by atoms with Crippen molar-refractivity contribution in [1.29, 1.82) is 0 Å². The normalized spacial score (nSPS) is 16.5. The van der Waals surface area contributed by atoms with Crippen LogP contribution in [0.15, 0.2) is 12.1 Å². The quantitative estimate of drug-likeness (QED) is 0.639. The number of nitro groups is 1. The molecule has 0 aromatic carbocycles. The Hall–Kier alpha value is -1.50. The lowest BCUT2D eigenvalue weighted by Crippen LogP contribution is -2.40. The fraction of sp³-hybridized carbons (Fsp3) is 0.583. The van der Waals surface area contributed by atoms with Crippen molar-refractivity contribution >= 4 is 23.3 Å². The molecule has 1 fully saturated rings. The van der Waals surface area contributed by atoms with E-state index in [1.807, 2.05) is 11.8 Å². The molecular weight excluding hydrogens is 266 g/mol. The lowest BCUT2D eigenvalue weighted by atomic mass is 9.84. The molecule has 1 aliphatic carbocycles. The molecule has 0 radical (unpaired) electrons. The molecule has 0 amide bonds. The average Bonchev–Trinajstić information content (AvgIpc) is 2.37. The third-order valence-electron chi connectivity index (χ3n) is 3.53. The largest absolute Gasteiger partial charge is 0.481 e. The summed E-state index contributed by atoms with van der Waals surface area (Å²) in [4.78, 5) is 14.7. The number of ether oxygens (including phenoxy) is 1. The van der Waals surface area contributed by atoms with Crippen LogP contribution in [0, 0.1) is 10.1 Å². The minimum atomic E-state index is -0.429. The number of hydrogen-bond acceptors (Lipinski definition) is 6. The fourth-order valence-corrected chi connectivity index (χ4v) is 3.01. The van der Waals surface area contributed by atoms with Crippen LogP contribution in [0.2, 0.25) is 0 Å². The second-order valence-electron chi connectivity index (χ2n) is 4.57. The van der Waals surface area contributed by atoms with E-state index < -0.39 is 4.92 Å². The van der Waals surface area contributed by atoms with Gasteiger partial charge in [-0.15, -0.1) is 0 Å². The van der Waals surface area contributed by atoms with Gasteiger partial charge in [0.15, 0.2) is 0 Å². The number of aromatic nitrogens is 1. The lowest BCUT2D eigenvalue weighted by Gasteiger charge is -2.40. The van der Waals surface area contributed by atoms with Gasteiger partial charge in [0, 0.05) is 23.4 Å². The van der Waals surface area contributed by atoms with E-state index in [1.165, 1.54) is 25.7 Å². The topological polar surface area (TPSA) is 77.3 Å². The molecule has 104 valence electrons. The molecule has 7 heteroatoms. The number of hydrogen-bond donors (Lipinski definition) is 1. The molecule has 1 heterocycles. The van der Waals surface area contributed by atoms with Crippen LogP contribution in [0.4, 0.5) is 11.5 Å². The Morgan fingerprint density at radius 1 is 1.58 bits per heavy atom. The van der Waals surface area contributed by atoms with Crippen LogP contribution in [0.1, 0.15) is 19.3 Å². The van der Waals surface area contributed by atoms with E-state index >= 15 is 0 Å². The van der Waals surface area contributed by atoms with Gasteiger partial charge in [-0.3, -0.25) is 10.1 Å². The van der Waals surface area contributed by atoms with E-state index in [4.69, 9.17) is 4.74 Å². The van der Waals surface area contributed by atoms with E-state index in [0.717, 1.165) is 12.8 Å². The second kappa shape index (κ2) is 5.64. The highest BCUT2D eigenvalue weighted by Crippen LogP contribution is 2.43. The number of nitrogens with one attached hydrogen (secondary N) is 1. The van der Waals surface area contributed by atoms with Crippen LogP contribution in [0.5, 0.6) is 5.88 Å². The maximum atomic E-state index is 11.0. The van der Waals surface area contributed by atoms with Crippen molar-refractivity contribution < 1.29 is 9.66 Å². The zero-order chi connectivity index (χ0) is 13.9. The van der Waals surface area contributed by atoms with Crippen LogP contribution in [-0.2, 0) is 0 Å². The van der Waals surface area contributed by atoms with Crippen molar-refractivity contribution in [3.05, 3.63) is 22.2 Å². The number of pyridine rings is 1. The number of rotatable bonds is 6. The molecule has 1 aliphatic rings. The summed E-state index contributed by atoms with van der Waals surface area (Å²) in [6, 6.07) is 2.91. The first-order valence-corrected chi connectivity index (χ1v) is 7.31. The SMILES string of the molecule is COc1ccc([N+](=O)[O-])c(NCC2(SC)CCC2)n1. The van der Waals surface area contributed by atoms with Crippen LogP contribution in [0.25, 0.3) is 0 Å². The molecule has 0 atom stereocenters. The standard InChI is InChI=1S/C12H17N3O3S/c1-18-10-5-4-9(15(16)17)11(14-10)13-8-12(19-2)6-3-7-12/h4-5H,3,6-8H2,1-2H3,(H,13,14). The van der Waals surface area contributed by atoms with Gasteiger partial charge in [0.2, 0.25) is 11.7 Å². The maximum Gasteiger partial charge on any atom is 0.311 e. The van der Waals surface area contributed by atoms with E-state index in [9.17, 15) is 10.1 Å². The molecule has 19 heavy (non-hydrogen) atoms. The molecule has 1 saturated carbocycles. The van der Waals surface area contributed by atoms with Gasteiger partial charge in [0.25, 0.3) is 0 Å². The average molecular weight is 283 g/mol. The van der Waals surface area contributed by atoms with Crippen LogP contribution < -0.4 is 10.1 Å². The summed E-state index contributed by atoms with van der Waals surface area (Å²) in [7, 11) is 1.49. The van der Waals surface area contributed by atoms with Crippen molar-refractivity contribution in [2.24, 2.45) is 0 Å². The third-order valence-corrected chi connectivity index (χ3v) is 4.95. The Bertz CT molecular complexity index is 472. The molecule has 0 saturated heterocycles. The van der Waals surface area contributed by atoms with Gasteiger partial charge in [-0.25, -0.2) is 0 Å². The number of thioether (sulfide) groups is 1. The van der Waals surface area contributed by atoms with E-state index in [2.05, 4.69) is 16.6 Å². The Balaban J connectivity index is 2.15. The summed E-state index contributed by atoms with van der Waals surface area (Å²) in [5, 5.41) is 14.1. The van der Waals surface area contributed by atoms with Gasteiger partial charge in [-0.2, -0.15) is 16.7 Å². The van der Waals surface area contributed by atoms with Crippen LogP contribution in [-0.4, -0.2) is 34.6 Å². The van der Waals surface area contributed by atoms with Gasteiger partial charge in [-0.05, 0) is 19.1 Å². The third kappa shape index (κ3) is 2.91. The number of nitrogens with zero attached hydrogens (tertiary/aromatic N) is 2. The van der Waals surface area contributed by atoms with Crippen LogP contribution >= 0.6 is 11.8 Å². The highest BCUT2D eigenvalue weighted by Gasteiger charge is 2.36. The molecule has 1 aromatic heterocycles. The zero-order valence-electron chi connectivity index (χ0n) is 11.0. The highest BCUT2D eigenvalue weighted by molar-refractivity contribution is 8.00. The minimum Gasteiger partial charge on any atom is -0.481 e. The smallest absolute Gasteiger partial charge is 0.311 e. The van der Waals surface area contributed by atoms with Crippen molar-refractivity contribution in [2.75, 3.05) is 25.2 Å². The van der Waals surface area contributed by atoms with Crippen LogP contribution in [0.3, 0.4) is 0 Å². The molecule has 0 unspecified atom stereocenters. The van der Waals surface area contributed by atoms with E-state index in [-0.39, 0.29) is 16.3 Å². The van der Waals surface area contributed by atoms with Gasteiger partial charge in [0.1, 0.15) is 0 Å². The fourth-order valence-electron chi connectivity index (χ4n) is 2.09. The van der Waals surface area contributed by atoms with Crippen molar-refractivity contribution in [2.45, 2.75) is 24.0 Å². The minimum absolute atomic E-state index is 0.0172. The van der Waals surface area contributed by atoms with Gasteiger partial charge >= 0.3 is 5.69 Å². The zero-order valence-corrected chi connectivity index (χ0v) is 11.8. The Labute approximate surface area is 116 Å². The summed E-state index contributed by atoms with van der Waals surface area (Å²) in [6.07, 6.45) is 5.57. The number of anilines is 1. The first kappa shape index (κ1) is 13.9.